The van der Waals surface area contributed by atoms with E-state index in [1.165, 1.54) is 5.56 Å². The zero-order chi connectivity index (χ0) is 21.3. The monoisotopic (exact) mass is 399 g/mol. The first-order valence-corrected chi connectivity index (χ1v) is 10.2. The predicted molar refractivity (Wildman–Crippen MR) is 115 cm³/mol. The maximum Gasteiger partial charge on any atom is 0.161 e. The number of ketones is 1. The molecule has 30 heavy (non-hydrogen) atoms. The van der Waals surface area contributed by atoms with E-state index in [0.29, 0.717) is 35.7 Å². The first kappa shape index (κ1) is 19.8. The Kier molecular flexibility index (Phi) is 5.33. The molecule has 2 aromatic carbocycles. The molecule has 5 nitrogen and oxygen atoms in total. The average molecular weight is 399 g/mol. The number of nitrogens with two attached hydrogens (primary N) is 1. The summed E-state index contributed by atoms with van der Waals surface area (Å²) in [5.41, 5.74) is 11.4. The molecule has 0 bridgehead atoms. The summed E-state index contributed by atoms with van der Waals surface area (Å²) in [5.74, 6) is 0.660. The third-order valence-corrected chi connectivity index (χ3v) is 5.88. The minimum Gasteiger partial charge on any atom is -0.489 e. The number of rotatable bonds is 4. The second-order valence-electron chi connectivity index (χ2n) is 7.86. The molecule has 4 rings (SSSR count). The van der Waals surface area contributed by atoms with Crippen molar-refractivity contribution >= 4 is 5.78 Å². The van der Waals surface area contributed by atoms with Gasteiger partial charge in [-0.15, -0.1) is 0 Å². The fraction of sp³-hybridized carbons (Fsp3) is 0.280. The lowest BCUT2D eigenvalue weighted by Crippen LogP contribution is -2.36. The molecule has 2 N–H and O–H groups in total. The fourth-order valence-corrected chi connectivity index (χ4v) is 4.39. The minimum atomic E-state index is -0.497. The topological polar surface area (TPSA) is 79.3 Å². The highest BCUT2D eigenvalue weighted by Gasteiger charge is 2.39. The molecule has 2 aliphatic rings. The van der Waals surface area contributed by atoms with Gasteiger partial charge < -0.3 is 15.4 Å². The molecule has 1 heterocycles. The standard InChI is InChI=1S/C25H25N3O2/c1-16-7-5-8-17(13-16)15-30-22-12-4-3-9-18(22)23-19(14-26)25(27)28(2)20-10-6-11-21(29)24(20)23/h3-5,7-9,12-13,23H,6,10-11,15,27H2,1-2H3/t23-/m0/s1. The minimum absolute atomic E-state index is 0.0850. The van der Waals surface area contributed by atoms with E-state index in [4.69, 9.17) is 10.5 Å². The van der Waals surface area contributed by atoms with Gasteiger partial charge in [0.1, 0.15) is 18.2 Å². The van der Waals surface area contributed by atoms with E-state index in [-0.39, 0.29) is 5.78 Å². The van der Waals surface area contributed by atoms with E-state index in [1.807, 2.05) is 56.4 Å². The largest absolute Gasteiger partial charge is 0.489 e. The summed E-state index contributed by atoms with van der Waals surface area (Å²) in [6.07, 6.45) is 2.07. The lowest BCUT2D eigenvalue weighted by molar-refractivity contribution is -0.116. The average Bonchev–Trinajstić information content (AvgIpc) is 2.75. The number of nitriles is 1. The lowest BCUT2D eigenvalue weighted by Gasteiger charge is -2.38. The summed E-state index contributed by atoms with van der Waals surface area (Å²) in [5, 5.41) is 9.93. The summed E-state index contributed by atoms with van der Waals surface area (Å²) in [4.78, 5) is 14.8. The van der Waals surface area contributed by atoms with Crippen LogP contribution in [0, 0.1) is 18.3 Å². The lowest BCUT2D eigenvalue weighted by atomic mass is 9.75. The van der Waals surface area contributed by atoms with E-state index in [1.54, 1.807) is 4.90 Å². The van der Waals surface area contributed by atoms with Crippen molar-refractivity contribution in [2.45, 2.75) is 38.7 Å². The quantitative estimate of drug-likeness (QED) is 0.829. The van der Waals surface area contributed by atoms with Crippen molar-refractivity contribution in [1.82, 2.24) is 4.90 Å². The van der Waals surface area contributed by atoms with Crippen molar-refractivity contribution in [1.29, 1.82) is 5.26 Å². The van der Waals surface area contributed by atoms with E-state index in [9.17, 15) is 10.1 Å². The molecular formula is C25H25N3O2. The van der Waals surface area contributed by atoms with Crippen molar-refractivity contribution < 1.29 is 9.53 Å². The number of Topliss-reactive ketones (excluding diaryl/α,β-unsaturated/α-hetero) is 1. The Balaban J connectivity index is 1.77. The van der Waals surface area contributed by atoms with E-state index in [2.05, 4.69) is 12.1 Å². The highest BCUT2D eigenvalue weighted by Crippen LogP contribution is 2.46. The van der Waals surface area contributed by atoms with Gasteiger partial charge in [-0.25, -0.2) is 0 Å². The Hall–Kier alpha value is -3.52. The predicted octanol–water partition coefficient (Wildman–Crippen LogP) is 4.30. The molecule has 1 aliphatic carbocycles. The Morgan fingerprint density at radius 2 is 2.00 bits per heavy atom. The van der Waals surface area contributed by atoms with Gasteiger partial charge in [0.15, 0.2) is 5.78 Å². The number of carbonyl (C=O) groups excluding carboxylic acids is 1. The van der Waals surface area contributed by atoms with Gasteiger partial charge in [0.05, 0.1) is 17.6 Å². The molecule has 0 fully saturated rings. The van der Waals surface area contributed by atoms with Crippen LogP contribution in [0.5, 0.6) is 5.75 Å². The number of aryl methyl sites for hydroxylation is 1. The molecular weight excluding hydrogens is 374 g/mol. The summed E-state index contributed by atoms with van der Waals surface area (Å²) in [6.45, 7) is 2.46. The van der Waals surface area contributed by atoms with Gasteiger partial charge in [-0.3, -0.25) is 4.79 Å². The fourth-order valence-electron chi connectivity index (χ4n) is 4.39. The molecule has 0 saturated heterocycles. The van der Waals surface area contributed by atoms with Crippen LogP contribution in [0.15, 0.2) is 71.2 Å². The van der Waals surface area contributed by atoms with Gasteiger partial charge in [-0.1, -0.05) is 48.0 Å². The molecule has 2 aromatic rings. The first-order chi connectivity index (χ1) is 14.5. The van der Waals surface area contributed by atoms with Crippen LogP contribution in [0.3, 0.4) is 0 Å². The number of benzene rings is 2. The van der Waals surface area contributed by atoms with Crippen molar-refractivity contribution in [3.63, 3.8) is 0 Å². The van der Waals surface area contributed by atoms with E-state index < -0.39 is 5.92 Å². The van der Waals surface area contributed by atoms with Crippen molar-refractivity contribution in [3.8, 4) is 11.8 Å². The van der Waals surface area contributed by atoms with E-state index >= 15 is 0 Å². The number of carbonyl (C=O) groups is 1. The number of para-hydroxylation sites is 1. The smallest absolute Gasteiger partial charge is 0.161 e. The van der Waals surface area contributed by atoms with Crippen molar-refractivity contribution in [3.05, 3.63) is 87.9 Å². The van der Waals surface area contributed by atoms with Crippen LogP contribution < -0.4 is 10.5 Å². The van der Waals surface area contributed by atoms with Gasteiger partial charge in [0.25, 0.3) is 0 Å². The van der Waals surface area contributed by atoms with Crippen LogP contribution in [0.25, 0.3) is 0 Å². The van der Waals surface area contributed by atoms with Crippen LogP contribution in [0.1, 0.15) is 41.9 Å². The number of allylic oxidation sites excluding steroid dienone is 3. The van der Waals surface area contributed by atoms with Gasteiger partial charge in [0.2, 0.25) is 0 Å². The number of hydrogen-bond donors (Lipinski definition) is 1. The molecule has 152 valence electrons. The molecule has 1 aliphatic heterocycles. The maximum atomic E-state index is 13.0. The second kappa shape index (κ2) is 8.08. The van der Waals surface area contributed by atoms with Crippen molar-refractivity contribution in [2.24, 2.45) is 5.73 Å². The Morgan fingerprint density at radius 3 is 2.77 bits per heavy atom. The molecule has 0 unspecified atom stereocenters. The molecule has 5 heteroatoms. The summed E-state index contributed by atoms with van der Waals surface area (Å²) in [6, 6.07) is 18.1. The number of nitrogens with zero attached hydrogens (tertiary/aromatic N) is 2. The summed E-state index contributed by atoms with van der Waals surface area (Å²) < 4.78 is 6.18. The molecule has 0 saturated carbocycles. The molecule has 0 radical (unpaired) electrons. The highest BCUT2D eigenvalue weighted by molar-refractivity contribution is 6.00. The Labute approximate surface area is 177 Å². The summed E-state index contributed by atoms with van der Waals surface area (Å²) in [7, 11) is 1.83. The summed E-state index contributed by atoms with van der Waals surface area (Å²) >= 11 is 0. The zero-order valence-corrected chi connectivity index (χ0v) is 17.3. The third-order valence-electron chi connectivity index (χ3n) is 5.88. The normalized spacial score (nSPS) is 18.9. The molecule has 0 spiro atoms. The Morgan fingerprint density at radius 1 is 1.20 bits per heavy atom. The second-order valence-corrected chi connectivity index (χ2v) is 7.86. The SMILES string of the molecule is Cc1cccc(COc2ccccc2[C@H]2C(C#N)=C(N)N(C)C3=C2C(=O)CCC3)c1. The highest BCUT2D eigenvalue weighted by atomic mass is 16.5. The van der Waals surface area contributed by atoms with E-state index in [0.717, 1.165) is 29.7 Å². The van der Waals surface area contributed by atoms with Crippen LogP contribution in [0.2, 0.25) is 0 Å². The zero-order valence-electron chi connectivity index (χ0n) is 17.3. The van der Waals surface area contributed by atoms with Crippen LogP contribution in [-0.4, -0.2) is 17.7 Å². The number of ether oxygens (including phenoxy) is 1. The first-order valence-electron chi connectivity index (χ1n) is 10.2. The van der Waals surface area contributed by atoms with Gasteiger partial charge in [0, 0.05) is 30.3 Å². The molecule has 0 amide bonds. The van der Waals surface area contributed by atoms with Crippen LogP contribution in [-0.2, 0) is 11.4 Å². The molecule has 1 atom stereocenters. The van der Waals surface area contributed by atoms with Gasteiger partial charge in [-0.2, -0.15) is 5.26 Å². The maximum absolute atomic E-state index is 13.0. The Bertz CT molecular complexity index is 1110. The van der Waals surface area contributed by atoms with Gasteiger partial charge >= 0.3 is 0 Å². The van der Waals surface area contributed by atoms with Crippen molar-refractivity contribution in [2.75, 3.05) is 7.05 Å². The number of hydrogen-bond acceptors (Lipinski definition) is 5. The van der Waals surface area contributed by atoms with Gasteiger partial charge in [-0.05, 0) is 31.4 Å². The van der Waals surface area contributed by atoms with Crippen LogP contribution in [0.4, 0.5) is 0 Å². The molecule has 0 aromatic heterocycles. The third kappa shape index (κ3) is 3.46. The van der Waals surface area contributed by atoms with Crippen LogP contribution >= 0.6 is 0 Å².